The molecule has 0 atom stereocenters. The highest BCUT2D eigenvalue weighted by atomic mass is 32.2. The topological polar surface area (TPSA) is 15.8 Å². The fourth-order valence-corrected chi connectivity index (χ4v) is 2.96. The zero-order valence-electron chi connectivity index (χ0n) is 10.5. The van der Waals surface area contributed by atoms with Crippen LogP contribution in [0.4, 0.5) is 0 Å². The first-order valence-electron chi connectivity index (χ1n) is 6.04. The van der Waals surface area contributed by atoms with Crippen LogP contribution in [0.15, 0.2) is 58.5 Å². The van der Waals surface area contributed by atoms with Crippen molar-refractivity contribution in [3.05, 3.63) is 59.8 Å². The van der Waals surface area contributed by atoms with E-state index in [2.05, 4.69) is 67.5 Å². The minimum atomic E-state index is 1.21. The highest BCUT2D eigenvalue weighted by molar-refractivity contribution is 7.99. The normalized spacial score (nSPS) is 11.0. The number of rotatable bonds is 2. The van der Waals surface area contributed by atoms with Crippen molar-refractivity contribution in [1.29, 1.82) is 0 Å². The van der Waals surface area contributed by atoms with Gasteiger partial charge in [-0.25, -0.2) is 0 Å². The van der Waals surface area contributed by atoms with Crippen molar-refractivity contribution in [3.63, 3.8) is 0 Å². The maximum Gasteiger partial charge on any atom is 0.0468 e. The predicted octanol–water partition coefficient (Wildman–Crippen LogP) is 4.94. The van der Waals surface area contributed by atoms with E-state index >= 15 is 0 Å². The predicted molar refractivity (Wildman–Crippen MR) is 78.3 cm³/mol. The van der Waals surface area contributed by atoms with Gasteiger partial charge in [0.1, 0.15) is 0 Å². The van der Waals surface area contributed by atoms with Crippen LogP contribution in [0.25, 0.3) is 10.9 Å². The number of nitrogens with one attached hydrogen (secondary N) is 1. The van der Waals surface area contributed by atoms with Crippen LogP contribution in [0.2, 0.25) is 0 Å². The monoisotopic (exact) mass is 253 g/mol. The first kappa shape index (κ1) is 11.4. The second-order valence-electron chi connectivity index (χ2n) is 4.62. The first-order chi connectivity index (χ1) is 8.72. The van der Waals surface area contributed by atoms with Gasteiger partial charge in [0, 0.05) is 26.9 Å². The zero-order valence-corrected chi connectivity index (χ0v) is 11.3. The lowest BCUT2D eigenvalue weighted by atomic mass is 10.2. The SMILES string of the molecule is Cc1ccc(Sc2c[nH]c3cc(C)ccc23)cc1. The summed E-state index contributed by atoms with van der Waals surface area (Å²) in [6, 6.07) is 15.2. The molecule has 0 saturated heterocycles. The van der Waals surface area contributed by atoms with Crippen LogP contribution in [0.3, 0.4) is 0 Å². The molecule has 0 unspecified atom stereocenters. The number of H-pyrrole nitrogens is 1. The summed E-state index contributed by atoms with van der Waals surface area (Å²) in [7, 11) is 0. The van der Waals surface area contributed by atoms with Crippen LogP contribution in [0.5, 0.6) is 0 Å². The molecule has 0 radical (unpaired) electrons. The smallest absolute Gasteiger partial charge is 0.0468 e. The molecule has 18 heavy (non-hydrogen) atoms. The van der Waals surface area contributed by atoms with E-state index in [-0.39, 0.29) is 0 Å². The van der Waals surface area contributed by atoms with E-state index in [1.54, 1.807) is 0 Å². The van der Waals surface area contributed by atoms with E-state index in [4.69, 9.17) is 0 Å². The van der Waals surface area contributed by atoms with Crippen molar-refractivity contribution in [2.75, 3.05) is 0 Å². The third kappa shape index (κ3) is 2.16. The van der Waals surface area contributed by atoms with Gasteiger partial charge in [-0.2, -0.15) is 0 Å². The van der Waals surface area contributed by atoms with E-state index in [1.165, 1.54) is 31.8 Å². The number of aryl methyl sites for hydroxylation is 2. The second kappa shape index (κ2) is 4.54. The highest BCUT2D eigenvalue weighted by Crippen LogP contribution is 2.33. The molecule has 1 nitrogen and oxygen atoms in total. The third-order valence-corrected chi connectivity index (χ3v) is 4.11. The third-order valence-electron chi connectivity index (χ3n) is 3.05. The summed E-state index contributed by atoms with van der Waals surface area (Å²) in [6.45, 7) is 4.23. The molecule has 0 aliphatic rings. The van der Waals surface area contributed by atoms with Gasteiger partial charge in [0.25, 0.3) is 0 Å². The minimum absolute atomic E-state index is 1.21. The second-order valence-corrected chi connectivity index (χ2v) is 5.73. The Morgan fingerprint density at radius 3 is 2.39 bits per heavy atom. The fourth-order valence-electron chi connectivity index (χ4n) is 2.03. The molecular weight excluding hydrogens is 238 g/mol. The maximum atomic E-state index is 3.34. The van der Waals surface area contributed by atoms with Crippen molar-refractivity contribution in [2.45, 2.75) is 23.6 Å². The number of hydrogen-bond acceptors (Lipinski definition) is 1. The Morgan fingerprint density at radius 1 is 0.889 bits per heavy atom. The van der Waals surface area contributed by atoms with Gasteiger partial charge in [-0.1, -0.05) is 41.6 Å². The van der Waals surface area contributed by atoms with Gasteiger partial charge in [0.05, 0.1) is 0 Å². The molecule has 1 heterocycles. The van der Waals surface area contributed by atoms with Gasteiger partial charge >= 0.3 is 0 Å². The van der Waals surface area contributed by atoms with Crippen LogP contribution < -0.4 is 0 Å². The quantitative estimate of drug-likeness (QED) is 0.684. The molecule has 2 aromatic carbocycles. The molecule has 0 aliphatic heterocycles. The van der Waals surface area contributed by atoms with Crippen molar-refractivity contribution < 1.29 is 0 Å². The Kier molecular flexibility index (Phi) is 2.88. The fraction of sp³-hybridized carbons (Fsp3) is 0.125. The lowest BCUT2D eigenvalue weighted by Gasteiger charge is -2.01. The molecule has 1 N–H and O–H groups in total. The Labute approximate surface area is 111 Å². The molecule has 2 heteroatoms. The molecule has 0 saturated carbocycles. The van der Waals surface area contributed by atoms with Crippen molar-refractivity contribution >= 4 is 22.7 Å². The standard InChI is InChI=1S/C16H15NS/c1-11-3-6-13(7-4-11)18-16-10-17-15-9-12(2)5-8-14(15)16/h3-10,17H,1-2H3. The average Bonchev–Trinajstić information content (AvgIpc) is 2.74. The van der Waals surface area contributed by atoms with E-state index in [0.717, 1.165) is 0 Å². The first-order valence-corrected chi connectivity index (χ1v) is 6.86. The van der Waals surface area contributed by atoms with E-state index in [9.17, 15) is 0 Å². The molecule has 90 valence electrons. The lowest BCUT2D eigenvalue weighted by molar-refractivity contribution is 1.36. The molecule has 0 aliphatic carbocycles. The number of benzene rings is 2. The Hall–Kier alpha value is -1.67. The van der Waals surface area contributed by atoms with E-state index < -0.39 is 0 Å². The van der Waals surface area contributed by atoms with Crippen molar-refractivity contribution in [1.82, 2.24) is 4.98 Å². The minimum Gasteiger partial charge on any atom is -0.360 e. The van der Waals surface area contributed by atoms with Gasteiger partial charge in [0.2, 0.25) is 0 Å². The summed E-state index contributed by atoms with van der Waals surface area (Å²) < 4.78 is 0. The lowest BCUT2D eigenvalue weighted by Crippen LogP contribution is -1.75. The summed E-state index contributed by atoms with van der Waals surface area (Å²) in [5.74, 6) is 0. The van der Waals surface area contributed by atoms with Gasteiger partial charge < -0.3 is 4.98 Å². The maximum absolute atomic E-state index is 3.34. The number of fused-ring (bicyclic) bond motifs is 1. The van der Waals surface area contributed by atoms with Gasteiger partial charge in [-0.15, -0.1) is 0 Å². The average molecular weight is 253 g/mol. The summed E-state index contributed by atoms with van der Waals surface area (Å²) in [6.07, 6.45) is 2.09. The van der Waals surface area contributed by atoms with Gasteiger partial charge in [0.15, 0.2) is 0 Å². The number of aromatic nitrogens is 1. The summed E-state index contributed by atoms with van der Waals surface area (Å²) in [5.41, 5.74) is 3.80. The molecule has 3 rings (SSSR count). The Morgan fingerprint density at radius 2 is 1.61 bits per heavy atom. The number of aromatic amines is 1. The van der Waals surface area contributed by atoms with Crippen molar-refractivity contribution in [2.24, 2.45) is 0 Å². The molecule has 1 aromatic heterocycles. The number of hydrogen-bond donors (Lipinski definition) is 1. The Bertz CT molecular complexity index is 680. The van der Waals surface area contributed by atoms with Gasteiger partial charge in [-0.3, -0.25) is 0 Å². The highest BCUT2D eigenvalue weighted by Gasteiger charge is 2.05. The van der Waals surface area contributed by atoms with Gasteiger partial charge in [-0.05, 0) is 37.6 Å². The molecular formula is C16H15NS. The van der Waals surface area contributed by atoms with Crippen LogP contribution in [0.1, 0.15) is 11.1 Å². The van der Waals surface area contributed by atoms with E-state index in [0.29, 0.717) is 0 Å². The molecule has 0 fully saturated rings. The van der Waals surface area contributed by atoms with Crippen LogP contribution in [0, 0.1) is 13.8 Å². The molecule has 0 amide bonds. The summed E-state index contributed by atoms with van der Waals surface area (Å²) >= 11 is 1.81. The molecule has 0 bridgehead atoms. The van der Waals surface area contributed by atoms with Crippen LogP contribution in [-0.4, -0.2) is 4.98 Å². The Balaban J connectivity index is 1.97. The largest absolute Gasteiger partial charge is 0.360 e. The van der Waals surface area contributed by atoms with Crippen molar-refractivity contribution in [3.8, 4) is 0 Å². The molecule has 0 spiro atoms. The van der Waals surface area contributed by atoms with E-state index in [1.807, 2.05) is 11.8 Å². The zero-order chi connectivity index (χ0) is 12.5. The summed E-state index contributed by atoms with van der Waals surface area (Å²) in [5, 5.41) is 1.30. The van der Waals surface area contributed by atoms with Crippen LogP contribution >= 0.6 is 11.8 Å². The summed E-state index contributed by atoms with van der Waals surface area (Å²) in [4.78, 5) is 5.91. The molecule has 3 aromatic rings. The van der Waals surface area contributed by atoms with Crippen LogP contribution in [-0.2, 0) is 0 Å².